The van der Waals surface area contributed by atoms with Gasteiger partial charge in [-0.05, 0) is 25.8 Å². The smallest absolute Gasteiger partial charge is 0.253 e. The normalized spacial score (nSPS) is 18.0. The number of nitrogens with zero attached hydrogens (tertiary/aromatic N) is 1. The number of aromatic nitrogens is 1. The molecule has 0 radical (unpaired) electrons. The number of anilines is 1. The zero-order valence-corrected chi connectivity index (χ0v) is 10.5. The molecule has 92 valence electrons. The summed E-state index contributed by atoms with van der Waals surface area (Å²) in [5, 5.41) is 3.31. The summed E-state index contributed by atoms with van der Waals surface area (Å²) in [5.41, 5.74) is 6.37. The van der Waals surface area contributed by atoms with E-state index >= 15 is 0 Å². The molecule has 0 unspecified atom stereocenters. The molecule has 1 fully saturated rings. The van der Waals surface area contributed by atoms with E-state index in [1.807, 2.05) is 0 Å². The van der Waals surface area contributed by atoms with Gasteiger partial charge in [-0.25, -0.2) is 4.98 Å². The first-order chi connectivity index (χ1) is 8.00. The van der Waals surface area contributed by atoms with Crippen LogP contribution >= 0.6 is 11.6 Å². The number of halogens is 1. The lowest BCUT2D eigenvalue weighted by molar-refractivity contribution is 0.0909. The van der Waals surface area contributed by atoms with Crippen molar-refractivity contribution < 1.29 is 4.79 Å². The average Bonchev–Trinajstić information content (AvgIpc) is 2.68. The molecule has 1 aromatic rings. The van der Waals surface area contributed by atoms with Gasteiger partial charge < -0.3 is 11.1 Å². The summed E-state index contributed by atoms with van der Waals surface area (Å²) < 4.78 is 0. The maximum Gasteiger partial charge on any atom is 0.253 e. The Balaban J connectivity index is 2.17. The van der Waals surface area contributed by atoms with Crippen LogP contribution < -0.4 is 11.1 Å². The van der Waals surface area contributed by atoms with Crippen LogP contribution in [-0.4, -0.2) is 16.4 Å². The highest BCUT2D eigenvalue weighted by molar-refractivity contribution is 6.29. The van der Waals surface area contributed by atoms with Gasteiger partial charge in [0.05, 0.1) is 17.4 Å². The van der Waals surface area contributed by atoms with Crippen LogP contribution in [0.25, 0.3) is 0 Å². The molecular formula is C12H16ClN3O. The second-order valence-corrected chi connectivity index (χ2v) is 5.20. The molecule has 1 saturated carbocycles. The van der Waals surface area contributed by atoms with E-state index in [4.69, 9.17) is 17.3 Å². The quantitative estimate of drug-likeness (QED) is 0.795. The van der Waals surface area contributed by atoms with Gasteiger partial charge in [0.2, 0.25) is 0 Å². The predicted octanol–water partition coefficient (Wildman–Crippen LogP) is 2.38. The Bertz CT molecular complexity index is 441. The third-order valence-electron chi connectivity index (χ3n) is 3.27. The highest BCUT2D eigenvalue weighted by Gasteiger charge is 2.30. The predicted molar refractivity (Wildman–Crippen MR) is 68.0 cm³/mol. The summed E-state index contributed by atoms with van der Waals surface area (Å²) in [6.45, 7) is 2.07. The Labute approximate surface area is 106 Å². The van der Waals surface area contributed by atoms with Gasteiger partial charge in [0.1, 0.15) is 5.15 Å². The van der Waals surface area contributed by atoms with Gasteiger partial charge in [0, 0.05) is 5.54 Å². The number of rotatable bonds is 2. The largest absolute Gasteiger partial charge is 0.397 e. The molecule has 0 saturated heterocycles. The maximum atomic E-state index is 12.1. The average molecular weight is 254 g/mol. The van der Waals surface area contributed by atoms with Gasteiger partial charge in [-0.2, -0.15) is 0 Å². The molecule has 3 N–H and O–H groups in total. The molecule has 0 aromatic carbocycles. The SMILES string of the molecule is CC1(NC(=O)c2cc(Cl)ncc2N)CCCC1. The Hall–Kier alpha value is -1.29. The Morgan fingerprint density at radius 3 is 2.82 bits per heavy atom. The van der Waals surface area contributed by atoms with Crippen molar-refractivity contribution in [3.63, 3.8) is 0 Å². The maximum absolute atomic E-state index is 12.1. The monoisotopic (exact) mass is 253 g/mol. The lowest BCUT2D eigenvalue weighted by Gasteiger charge is -2.25. The van der Waals surface area contributed by atoms with Crippen molar-refractivity contribution in [2.45, 2.75) is 38.1 Å². The topological polar surface area (TPSA) is 68.0 Å². The minimum atomic E-state index is -0.170. The van der Waals surface area contributed by atoms with E-state index in [1.54, 1.807) is 0 Å². The summed E-state index contributed by atoms with van der Waals surface area (Å²) in [7, 11) is 0. The van der Waals surface area contributed by atoms with E-state index < -0.39 is 0 Å². The van der Waals surface area contributed by atoms with E-state index in [-0.39, 0.29) is 16.6 Å². The van der Waals surface area contributed by atoms with Crippen molar-refractivity contribution in [1.29, 1.82) is 0 Å². The molecule has 1 amide bonds. The molecule has 0 aliphatic heterocycles. The number of carbonyl (C=O) groups excluding carboxylic acids is 1. The lowest BCUT2D eigenvalue weighted by atomic mass is 10.00. The number of nitrogens with one attached hydrogen (secondary N) is 1. The number of carbonyl (C=O) groups is 1. The fraction of sp³-hybridized carbons (Fsp3) is 0.500. The van der Waals surface area contributed by atoms with Crippen molar-refractivity contribution in [2.75, 3.05) is 5.73 Å². The number of hydrogen-bond acceptors (Lipinski definition) is 3. The van der Waals surface area contributed by atoms with Crippen LogP contribution in [0, 0.1) is 0 Å². The highest BCUT2D eigenvalue weighted by Crippen LogP contribution is 2.29. The van der Waals surface area contributed by atoms with Gasteiger partial charge in [-0.15, -0.1) is 0 Å². The van der Waals surface area contributed by atoms with Crippen molar-refractivity contribution in [1.82, 2.24) is 10.3 Å². The van der Waals surface area contributed by atoms with E-state index in [1.165, 1.54) is 12.3 Å². The van der Waals surface area contributed by atoms with E-state index in [0.29, 0.717) is 11.3 Å². The second kappa shape index (κ2) is 4.53. The number of nitrogens with two attached hydrogens (primary N) is 1. The van der Waals surface area contributed by atoms with Gasteiger partial charge >= 0.3 is 0 Å². The van der Waals surface area contributed by atoms with Crippen molar-refractivity contribution in [3.05, 3.63) is 23.0 Å². The molecule has 1 aliphatic carbocycles. The summed E-state index contributed by atoms with van der Waals surface area (Å²) >= 11 is 5.77. The molecule has 1 aliphatic rings. The zero-order valence-electron chi connectivity index (χ0n) is 9.79. The fourth-order valence-corrected chi connectivity index (χ4v) is 2.42. The van der Waals surface area contributed by atoms with Crippen LogP contribution in [0.5, 0.6) is 0 Å². The number of nitrogen functional groups attached to an aromatic ring is 1. The highest BCUT2D eigenvalue weighted by atomic mass is 35.5. The standard InChI is InChI=1S/C12H16ClN3O/c1-12(4-2-3-5-12)16-11(17)8-6-10(13)15-7-9(8)14/h6-7H,2-5,14H2,1H3,(H,16,17). The van der Waals surface area contributed by atoms with Gasteiger partial charge in [0.25, 0.3) is 5.91 Å². The summed E-state index contributed by atoms with van der Waals surface area (Å²) in [6.07, 6.45) is 5.75. The van der Waals surface area contributed by atoms with Crippen LogP contribution in [0.3, 0.4) is 0 Å². The Kier molecular flexibility index (Phi) is 3.24. The molecule has 1 aromatic heterocycles. The molecule has 2 rings (SSSR count). The van der Waals surface area contributed by atoms with Crippen LogP contribution in [-0.2, 0) is 0 Å². The molecule has 0 bridgehead atoms. The third kappa shape index (κ3) is 2.69. The lowest BCUT2D eigenvalue weighted by Crippen LogP contribution is -2.43. The molecule has 4 nitrogen and oxygen atoms in total. The number of hydrogen-bond donors (Lipinski definition) is 2. The van der Waals surface area contributed by atoms with Crippen molar-refractivity contribution in [3.8, 4) is 0 Å². The van der Waals surface area contributed by atoms with Gasteiger partial charge in [-0.3, -0.25) is 4.79 Å². The molecule has 1 heterocycles. The van der Waals surface area contributed by atoms with E-state index in [9.17, 15) is 4.79 Å². The van der Waals surface area contributed by atoms with Gasteiger partial charge in [0.15, 0.2) is 0 Å². The molecule has 0 spiro atoms. The Morgan fingerprint density at radius 1 is 1.53 bits per heavy atom. The molecule has 5 heteroatoms. The van der Waals surface area contributed by atoms with Crippen LogP contribution in [0.4, 0.5) is 5.69 Å². The van der Waals surface area contributed by atoms with E-state index in [2.05, 4.69) is 17.2 Å². The van der Waals surface area contributed by atoms with Crippen LogP contribution in [0.2, 0.25) is 5.15 Å². The van der Waals surface area contributed by atoms with Crippen LogP contribution in [0.15, 0.2) is 12.3 Å². The Morgan fingerprint density at radius 2 is 2.18 bits per heavy atom. The number of amides is 1. The summed E-state index contributed by atoms with van der Waals surface area (Å²) in [6, 6.07) is 1.50. The van der Waals surface area contributed by atoms with Gasteiger partial charge in [-0.1, -0.05) is 24.4 Å². The van der Waals surface area contributed by atoms with Crippen molar-refractivity contribution in [2.24, 2.45) is 0 Å². The molecule has 0 atom stereocenters. The third-order valence-corrected chi connectivity index (χ3v) is 3.48. The fourth-order valence-electron chi connectivity index (χ4n) is 2.26. The summed E-state index contributed by atoms with van der Waals surface area (Å²) in [5.74, 6) is -0.170. The second-order valence-electron chi connectivity index (χ2n) is 4.82. The molecular weight excluding hydrogens is 238 g/mol. The summed E-state index contributed by atoms with van der Waals surface area (Å²) in [4.78, 5) is 15.9. The first-order valence-electron chi connectivity index (χ1n) is 5.74. The number of pyridine rings is 1. The minimum absolute atomic E-state index is 0.112. The van der Waals surface area contributed by atoms with Crippen molar-refractivity contribution >= 4 is 23.2 Å². The van der Waals surface area contributed by atoms with E-state index in [0.717, 1.165) is 25.7 Å². The first kappa shape index (κ1) is 12.2. The zero-order chi connectivity index (χ0) is 12.5. The van der Waals surface area contributed by atoms with Crippen LogP contribution in [0.1, 0.15) is 43.0 Å². The first-order valence-corrected chi connectivity index (χ1v) is 6.11. The molecule has 17 heavy (non-hydrogen) atoms. The minimum Gasteiger partial charge on any atom is -0.397 e.